The zero-order valence-corrected chi connectivity index (χ0v) is 13.8. The van der Waals surface area contributed by atoms with Crippen LogP contribution in [0.3, 0.4) is 0 Å². The Labute approximate surface area is 130 Å². The van der Waals surface area contributed by atoms with Gasteiger partial charge in [-0.05, 0) is 24.0 Å². The van der Waals surface area contributed by atoms with Crippen LogP contribution in [0.25, 0.3) is 0 Å². The molecule has 1 heterocycles. The van der Waals surface area contributed by atoms with Gasteiger partial charge in [-0.2, -0.15) is 5.26 Å². The molecule has 1 atom stereocenters. The van der Waals surface area contributed by atoms with Crippen molar-refractivity contribution in [2.75, 3.05) is 19.0 Å². The molecule has 112 valence electrons. The predicted molar refractivity (Wildman–Crippen MR) is 89.1 cm³/mol. The molecule has 4 nitrogen and oxygen atoms in total. The van der Waals surface area contributed by atoms with E-state index in [4.69, 9.17) is 10.00 Å². The predicted octanol–water partition coefficient (Wildman–Crippen LogP) is 3.89. The fraction of sp³-hybridized carbons (Fsp3) is 0.500. The molecule has 1 aliphatic heterocycles. The maximum atomic E-state index is 8.92. The Balaban J connectivity index is 2.02. The number of ether oxygens (including phenoxy) is 1. The van der Waals surface area contributed by atoms with E-state index in [9.17, 15) is 0 Å². The summed E-state index contributed by atoms with van der Waals surface area (Å²) in [5, 5.41) is 13.7. The molecule has 0 spiro atoms. The number of nitrogens with zero attached hydrogens (tertiary/aromatic N) is 2. The Bertz CT molecular complexity index is 584. The molecule has 0 fully saturated rings. The van der Waals surface area contributed by atoms with E-state index in [1.807, 2.05) is 6.07 Å². The first kappa shape index (κ1) is 15.7. The highest BCUT2D eigenvalue weighted by Crippen LogP contribution is 2.34. The van der Waals surface area contributed by atoms with Crippen molar-refractivity contribution in [2.45, 2.75) is 32.4 Å². The van der Waals surface area contributed by atoms with Crippen LogP contribution >= 0.6 is 11.8 Å². The number of thioether (sulfide) groups is 1. The molecule has 0 radical (unpaired) electrons. The molecule has 0 saturated carbocycles. The lowest BCUT2D eigenvalue weighted by atomic mass is 9.90. The van der Waals surface area contributed by atoms with Gasteiger partial charge >= 0.3 is 0 Å². The average Bonchev–Trinajstić information content (AvgIpc) is 2.84. The van der Waals surface area contributed by atoms with E-state index in [2.05, 4.69) is 37.1 Å². The third-order valence-corrected chi connectivity index (χ3v) is 4.23. The molecule has 1 N–H and O–H groups in total. The fourth-order valence-corrected chi connectivity index (χ4v) is 3.62. The second kappa shape index (κ2) is 6.40. The summed E-state index contributed by atoms with van der Waals surface area (Å²) in [6, 6.07) is 7.48. The minimum absolute atomic E-state index is 0.314. The van der Waals surface area contributed by atoms with E-state index in [0.717, 1.165) is 23.8 Å². The number of amidine groups is 1. The van der Waals surface area contributed by atoms with Crippen molar-refractivity contribution >= 4 is 22.6 Å². The number of hydrogen-bond acceptors (Lipinski definition) is 5. The van der Waals surface area contributed by atoms with E-state index >= 15 is 0 Å². The van der Waals surface area contributed by atoms with Crippen molar-refractivity contribution < 1.29 is 4.74 Å². The zero-order chi connectivity index (χ0) is 15.5. The van der Waals surface area contributed by atoms with Crippen LogP contribution in [0.1, 0.15) is 32.8 Å². The van der Waals surface area contributed by atoms with Crippen molar-refractivity contribution in [3.8, 4) is 11.8 Å². The van der Waals surface area contributed by atoms with Gasteiger partial charge in [-0.1, -0.05) is 32.5 Å². The van der Waals surface area contributed by atoms with Gasteiger partial charge in [0.1, 0.15) is 5.75 Å². The summed E-state index contributed by atoms with van der Waals surface area (Å²) in [6.45, 7) is 7.61. The van der Waals surface area contributed by atoms with E-state index < -0.39 is 0 Å². The molecule has 0 aromatic heterocycles. The average molecular weight is 303 g/mol. The maximum Gasteiger partial charge on any atom is 0.161 e. The second-order valence-corrected chi connectivity index (χ2v) is 7.59. The van der Waals surface area contributed by atoms with Gasteiger partial charge in [-0.15, -0.1) is 0 Å². The standard InChI is InChI=1S/C16H21N3OS/c1-16(2,3)8-12-10-18-15(21-12)19-13-6-5-11(9-17)7-14(13)20-4/h5-7,12H,8,10H2,1-4H3,(H,18,19). The minimum Gasteiger partial charge on any atom is -0.495 e. The molecule has 0 amide bonds. The van der Waals surface area contributed by atoms with E-state index in [1.165, 1.54) is 0 Å². The number of anilines is 1. The topological polar surface area (TPSA) is 57.4 Å². The molecule has 1 aromatic rings. The van der Waals surface area contributed by atoms with Crippen molar-refractivity contribution in [3.63, 3.8) is 0 Å². The number of aliphatic imine (C=N–C) groups is 1. The minimum atomic E-state index is 0.314. The van der Waals surface area contributed by atoms with E-state index in [-0.39, 0.29) is 0 Å². The van der Waals surface area contributed by atoms with Crippen LogP contribution in [-0.4, -0.2) is 24.1 Å². The molecule has 21 heavy (non-hydrogen) atoms. The monoisotopic (exact) mass is 303 g/mol. The summed E-state index contributed by atoms with van der Waals surface area (Å²) in [5.74, 6) is 0.664. The molecule has 5 heteroatoms. The molecule has 1 aromatic carbocycles. The van der Waals surface area contributed by atoms with Gasteiger partial charge in [0, 0.05) is 11.3 Å². The Morgan fingerprint density at radius 3 is 2.86 bits per heavy atom. The third kappa shape index (κ3) is 4.40. The molecule has 0 aliphatic carbocycles. The highest BCUT2D eigenvalue weighted by Gasteiger charge is 2.25. The SMILES string of the molecule is COc1cc(C#N)ccc1NC1=NCC(CC(C)(C)C)S1. The van der Waals surface area contributed by atoms with Crippen LogP contribution in [0.2, 0.25) is 0 Å². The second-order valence-electron chi connectivity index (χ2n) is 6.30. The van der Waals surface area contributed by atoms with Crippen molar-refractivity contribution in [1.29, 1.82) is 5.26 Å². The maximum absolute atomic E-state index is 8.92. The van der Waals surface area contributed by atoms with Crippen LogP contribution < -0.4 is 10.1 Å². The molecule has 0 bridgehead atoms. The van der Waals surface area contributed by atoms with Crippen LogP contribution in [0.5, 0.6) is 5.75 Å². The van der Waals surface area contributed by atoms with Crippen LogP contribution in [0.4, 0.5) is 5.69 Å². The highest BCUT2D eigenvalue weighted by molar-refractivity contribution is 8.15. The van der Waals surface area contributed by atoms with Gasteiger partial charge in [-0.25, -0.2) is 0 Å². The lowest BCUT2D eigenvalue weighted by Crippen LogP contribution is -2.16. The number of nitrogens with one attached hydrogen (secondary N) is 1. The summed E-state index contributed by atoms with van der Waals surface area (Å²) >= 11 is 1.78. The number of methoxy groups -OCH3 is 1. The van der Waals surface area contributed by atoms with Crippen molar-refractivity contribution in [1.82, 2.24) is 0 Å². The van der Waals surface area contributed by atoms with Gasteiger partial charge in [0.05, 0.1) is 31.0 Å². The van der Waals surface area contributed by atoms with Gasteiger partial charge in [0.25, 0.3) is 0 Å². The first-order valence-corrected chi connectivity index (χ1v) is 7.85. The van der Waals surface area contributed by atoms with E-state index in [0.29, 0.717) is 22.0 Å². The Kier molecular flexibility index (Phi) is 4.79. The first-order valence-electron chi connectivity index (χ1n) is 6.97. The molecule has 0 saturated heterocycles. The molecular formula is C16H21N3OS. The molecule has 2 rings (SSSR count). The zero-order valence-electron chi connectivity index (χ0n) is 12.9. The van der Waals surface area contributed by atoms with Crippen molar-refractivity contribution in [3.05, 3.63) is 23.8 Å². The smallest absolute Gasteiger partial charge is 0.161 e. The number of rotatable bonds is 3. The largest absolute Gasteiger partial charge is 0.495 e. The van der Waals surface area contributed by atoms with Gasteiger partial charge in [0.15, 0.2) is 5.17 Å². The number of nitriles is 1. The third-order valence-electron chi connectivity index (χ3n) is 3.13. The fourth-order valence-electron chi connectivity index (χ4n) is 2.25. The molecule has 1 aliphatic rings. The van der Waals surface area contributed by atoms with Gasteiger partial charge in [0.2, 0.25) is 0 Å². The van der Waals surface area contributed by atoms with E-state index in [1.54, 1.807) is 31.0 Å². The summed E-state index contributed by atoms with van der Waals surface area (Å²) in [7, 11) is 1.60. The number of benzene rings is 1. The molecular weight excluding hydrogens is 282 g/mol. The Morgan fingerprint density at radius 1 is 1.48 bits per heavy atom. The number of hydrogen-bond donors (Lipinski definition) is 1. The van der Waals surface area contributed by atoms with Gasteiger partial charge in [-0.3, -0.25) is 4.99 Å². The quantitative estimate of drug-likeness (QED) is 0.920. The van der Waals surface area contributed by atoms with Crippen molar-refractivity contribution in [2.24, 2.45) is 10.4 Å². The summed E-state index contributed by atoms with van der Waals surface area (Å²) < 4.78 is 5.33. The summed E-state index contributed by atoms with van der Waals surface area (Å²) in [5.41, 5.74) is 1.75. The lowest BCUT2D eigenvalue weighted by Gasteiger charge is -2.21. The Hall–Kier alpha value is -1.67. The summed E-state index contributed by atoms with van der Waals surface area (Å²) in [4.78, 5) is 4.56. The first-order chi connectivity index (χ1) is 9.91. The van der Waals surface area contributed by atoms with Gasteiger partial charge < -0.3 is 10.1 Å². The molecule has 1 unspecified atom stereocenters. The highest BCUT2D eigenvalue weighted by atomic mass is 32.2. The van der Waals surface area contributed by atoms with Crippen LogP contribution in [-0.2, 0) is 0 Å². The summed E-state index contributed by atoms with van der Waals surface area (Å²) in [6.07, 6.45) is 1.14. The van der Waals surface area contributed by atoms with Crippen LogP contribution in [0, 0.1) is 16.7 Å². The normalized spacial score (nSPS) is 18.0. The lowest BCUT2D eigenvalue weighted by molar-refractivity contribution is 0.375. The Morgan fingerprint density at radius 2 is 2.24 bits per heavy atom. The van der Waals surface area contributed by atoms with Crippen LogP contribution in [0.15, 0.2) is 23.2 Å².